The first-order chi connectivity index (χ1) is 14.2. The lowest BCUT2D eigenvalue weighted by atomic mass is 10.2. The van der Waals surface area contributed by atoms with Gasteiger partial charge in [-0.1, -0.05) is 23.5 Å². The van der Waals surface area contributed by atoms with Crippen molar-refractivity contribution in [2.75, 3.05) is 19.5 Å². The molecule has 0 saturated heterocycles. The summed E-state index contributed by atoms with van der Waals surface area (Å²) in [5, 5.41) is 13.2. The number of aryl methyl sites for hydroxylation is 1. The molecule has 0 spiro atoms. The minimum absolute atomic E-state index is 0.597. The van der Waals surface area contributed by atoms with Crippen molar-refractivity contribution >= 4 is 27.8 Å². The molecule has 0 aliphatic heterocycles. The Kier molecular flexibility index (Phi) is 5.82. The van der Waals surface area contributed by atoms with Gasteiger partial charge in [0, 0.05) is 18.3 Å². The molecule has 0 atom stereocenters. The lowest BCUT2D eigenvalue weighted by Crippen LogP contribution is -2.02. The number of anilines is 1. The summed E-state index contributed by atoms with van der Waals surface area (Å²) in [4.78, 5) is 5.75. The normalized spacial score (nSPS) is 10.9. The van der Waals surface area contributed by atoms with E-state index >= 15 is 0 Å². The average Bonchev–Trinajstić information content (AvgIpc) is 3.48. The molecular weight excluding hydrogens is 404 g/mol. The van der Waals surface area contributed by atoms with E-state index in [9.17, 15) is 0 Å². The Morgan fingerprint density at radius 1 is 1.14 bits per heavy atom. The third kappa shape index (κ3) is 4.28. The van der Waals surface area contributed by atoms with Crippen LogP contribution in [-0.4, -0.2) is 29.0 Å². The van der Waals surface area contributed by atoms with Gasteiger partial charge < -0.3 is 14.8 Å². The molecule has 0 bridgehead atoms. The minimum atomic E-state index is 0.597. The van der Waals surface area contributed by atoms with E-state index in [1.54, 1.807) is 36.9 Å². The third-order valence-electron chi connectivity index (χ3n) is 4.51. The molecule has 0 saturated carbocycles. The summed E-state index contributed by atoms with van der Waals surface area (Å²) in [6.07, 6.45) is 2.01. The van der Waals surface area contributed by atoms with Crippen LogP contribution >= 0.6 is 22.7 Å². The third-order valence-corrected chi connectivity index (χ3v) is 6.38. The number of hydrogen-bond donors (Lipinski definition) is 1. The van der Waals surface area contributed by atoms with E-state index < -0.39 is 0 Å². The first kappa shape index (κ1) is 19.5. The van der Waals surface area contributed by atoms with Crippen LogP contribution in [-0.2, 0) is 13.1 Å². The Morgan fingerprint density at radius 3 is 2.79 bits per heavy atom. The van der Waals surface area contributed by atoms with Crippen LogP contribution in [0.2, 0.25) is 0 Å². The number of nitrogens with one attached hydrogen (secondary N) is 1. The number of hydrogen-bond acceptors (Lipinski definition) is 7. The minimum Gasteiger partial charge on any atom is -0.493 e. The van der Waals surface area contributed by atoms with E-state index in [2.05, 4.69) is 27.1 Å². The number of thiophene rings is 1. The Morgan fingerprint density at radius 2 is 2.03 bits per heavy atom. The summed E-state index contributed by atoms with van der Waals surface area (Å²) >= 11 is 3.31. The maximum atomic E-state index is 5.51. The predicted octanol–water partition coefficient (Wildman–Crippen LogP) is 5.05. The molecule has 1 aromatic carbocycles. The Balaban J connectivity index is 1.48. The lowest BCUT2D eigenvalue weighted by molar-refractivity contribution is 0.352. The van der Waals surface area contributed by atoms with Crippen molar-refractivity contribution in [1.82, 2.24) is 14.8 Å². The molecule has 8 heteroatoms. The van der Waals surface area contributed by atoms with Crippen LogP contribution in [0.5, 0.6) is 11.5 Å². The van der Waals surface area contributed by atoms with Crippen molar-refractivity contribution in [1.29, 1.82) is 0 Å². The monoisotopic (exact) mass is 426 g/mol. The summed E-state index contributed by atoms with van der Waals surface area (Å²) < 4.78 is 12.8. The van der Waals surface area contributed by atoms with Crippen molar-refractivity contribution < 1.29 is 9.47 Å². The number of para-hydroxylation sites is 1. The summed E-state index contributed by atoms with van der Waals surface area (Å²) in [5.74, 6) is 1.46. The number of nitrogens with zero attached hydrogens (tertiary/aromatic N) is 3. The SMILES string of the molecule is COc1cccc(CNc2nc(C)c(-c3ccn(Cc4ccsc4)n3)s2)c1OC. The molecule has 0 unspecified atom stereocenters. The zero-order valence-electron chi connectivity index (χ0n) is 16.5. The second-order valence-corrected chi connectivity index (χ2v) is 8.25. The molecule has 0 aliphatic rings. The Hall–Kier alpha value is -2.84. The van der Waals surface area contributed by atoms with Crippen molar-refractivity contribution in [2.45, 2.75) is 20.0 Å². The molecule has 4 rings (SSSR count). The quantitative estimate of drug-likeness (QED) is 0.427. The molecule has 3 aromatic heterocycles. The van der Waals surface area contributed by atoms with E-state index in [1.165, 1.54) is 5.56 Å². The maximum Gasteiger partial charge on any atom is 0.183 e. The predicted molar refractivity (Wildman–Crippen MR) is 118 cm³/mol. The van der Waals surface area contributed by atoms with Gasteiger partial charge in [0.2, 0.25) is 0 Å². The van der Waals surface area contributed by atoms with Crippen LogP contribution in [0.3, 0.4) is 0 Å². The van der Waals surface area contributed by atoms with Crippen LogP contribution < -0.4 is 14.8 Å². The highest BCUT2D eigenvalue weighted by Crippen LogP contribution is 2.34. The molecule has 0 radical (unpaired) electrons. The van der Waals surface area contributed by atoms with Gasteiger partial charge in [0.05, 0.1) is 31.3 Å². The van der Waals surface area contributed by atoms with Crippen LogP contribution in [0, 0.1) is 6.92 Å². The molecule has 29 heavy (non-hydrogen) atoms. The summed E-state index contributed by atoms with van der Waals surface area (Å²) in [6, 6.07) is 10.0. The van der Waals surface area contributed by atoms with Crippen molar-refractivity contribution in [3.63, 3.8) is 0 Å². The standard InChI is InChI=1S/C21H22N4O2S2/c1-14-20(17-7-9-25(24-17)12-15-8-10-28-13-15)29-21(23-14)22-11-16-5-4-6-18(26-2)19(16)27-3/h4-10,13H,11-12H2,1-3H3,(H,22,23). The zero-order chi connectivity index (χ0) is 20.2. The molecule has 0 amide bonds. The lowest BCUT2D eigenvalue weighted by Gasteiger charge is -2.12. The van der Waals surface area contributed by atoms with Gasteiger partial charge in [-0.2, -0.15) is 16.4 Å². The van der Waals surface area contributed by atoms with Crippen molar-refractivity contribution in [2.24, 2.45) is 0 Å². The number of rotatable bonds is 8. The van der Waals surface area contributed by atoms with Crippen LogP contribution in [0.25, 0.3) is 10.6 Å². The highest BCUT2D eigenvalue weighted by molar-refractivity contribution is 7.19. The molecule has 6 nitrogen and oxygen atoms in total. The number of benzene rings is 1. The van der Waals surface area contributed by atoms with Crippen LogP contribution in [0.4, 0.5) is 5.13 Å². The van der Waals surface area contributed by atoms with Crippen molar-refractivity contribution in [3.05, 3.63) is 64.1 Å². The molecule has 4 aromatic rings. The number of thiazole rings is 1. The van der Waals surface area contributed by atoms with Gasteiger partial charge in [-0.15, -0.1) is 0 Å². The zero-order valence-corrected chi connectivity index (χ0v) is 18.1. The van der Waals surface area contributed by atoms with E-state index in [0.717, 1.165) is 45.0 Å². The topological polar surface area (TPSA) is 61.2 Å². The van der Waals surface area contributed by atoms with E-state index in [-0.39, 0.29) is 0 Å². The van der Waals surface area contributed by atoms with Gasteiger partial charge in [-0.05, 0) is 41.4 Å². The molecule has 150 valence electrons. The first-order valence-corrected chi connectivity index (χ1v) is 10.9. The van der Waals surface area contributed by atoms with Crippen LogP contribution in [0.1, 0.15) is 16.8 Å². The molecule has 1 N–H and O–H groups in total. The van der Waals surface area contributed by atoms with E-state index in [0.29, 0.717) is 6.54 Å². The van der Waals surface area contributed by atoms with Gasteiger partial charge >= 0.3 is 0 Å². The Bertz CT molecular complexity index is 1090. The Labute approximate surface area is 177 Å². The fourth-order valence-corrected chi connectivity index (χ4v) is 4.70. The van der Waals surface area contributed by atoms with Crippen LogP contribution in [0.15, 0.2) is 47.3 Å². The van der Waals surface area contributed by atoms with Crippen molar-refractivity contribution in [3.8, 4) is 22.1 Å². The van der Waals surface area contributed by atoms with Gasteiger partial charge in [0.1, 0.15) is 5.69 Å². The van der Waals surface area contributed by atoms with Gasteiger partial charge in [-0.3, -0.25) is 4.68 Å². The highest BCUT2D eigenvalue weighted by atomic mass is 32.1. The number of aromatic nitrogens is 3. The second kappa shape index (κ2) is 8.67. The summed E-state index contributed by atoms with van der Waals surface area (Å²) in [7, 11) is 3.29. The molecule has 0 aliphatic carbocycles. The van der Waals surface area contributed by atoms with Gasteiger partial charge in [-0.25, -0.2) is 4.98 Å². The molecular formula is C21H22N4O2S2. The highest BCUT2D eigenvalue weighted by Gasteiger charge is 2.14. The number of methoxy groups -OCH3 is 2. The largest absolute Gasteiger partial charge is 0.493 e. The summed E-state index contributed by atoms with van der Waals surface area (Å²) in [6.45, 7) is 3.39. The second-order valence-electron chi connectivity index (χ2n) is 6.47. The smallest absolute Gasteiger partial charge is 0.183 e. The molecule has 3 heterocycles. The van der Waals surface area contributed by atoms with E-state index in [4.69, 9.17) is 14.6 Å². The maximum absolute atomic E-state index is 5.51. The van der Waals surface area contributed by atoms with Gasteiger partial charge in [0.15, 0.2) is 16.6 Å². The number of ether oxygens (including phenoxy) is 2. The fraction of sp³-hybridized carbons (Fsp3) is 0.238. The van der Waals surface area contributed by atoms with E-state index in [1.807, 2.05) is 42.1 Å². The fourth-order valence-electron chi connectivity index (χ4n) is 3.11. The molecule has 0 fully saturated rings. The first-order valence-electron chi connectivity index (χ1n) is 9.14. The van der Waals surface area contributed by atoms with Gasteiger partial charge in [0.25, 0.3) is 0 Å². The summed E-state index contributed by atoms with van der Waals surface area (Å²) in [5.41, 5.74) is 4.19. The average molecular weight is 427 g/mol.